The van der Waals surface area contributed by atoms with Gasteiger partial charge in [-0.05, 0) is 36.9 Å². The molecule has 1 heterocycles. The Morgan fingerprint density at radius 3 is 2.68 bits per heavy atom. The molecule has 0 aliphatic heterocycles. The van der Waals surface area contributed by atoms with Gasteiger partial charge in [-0.3, -0.25) is 4.79 Å². The predicted molar refractivity (Wildman–Crippen MR) is 91.4 cm³/mol. The monoisotopic (exact) mass is 350 g/mol. The smallest absolute Gasteiger partial charge is 0.237 e. The number of carbonyl (C=O) groups excluding carboxylic acids is 1. The third-order valence-corrected chi connectivity index (χ3v) is 5.71. The second-order valence-corrected chi connectivity index (χ2v) is 8.28. The number of hydrogen-bond acceptors (Lipinski definition) is 7. The maximum absolute atomic E-state index is 12.2. The van der Waals surface area contributed by atoms with Gasteiger partial charge in [0.15, 0.2) is 8.68 Å². The molecule has 0 saturated heterocycles. The standard InChI is InChI=1S/C14H14N4OS3/c1-3-20-13-17-18-14(22-13)21-9(2)12(19)16-11-6-4-10(8-15)5-7-11/h4-7,9H,3H2,1-2H3,(H,16,19)/t9-/m1/s1. The van der Waals surface area contributed by atoms with Crippen LogP contribution in [0.15, 0.2) is 32.9 Å². The summed E-state index contributed by atoms with van der Waals surface area (Å²) in [5.41, 5.74) is 1.24. The fourth-order valence-electron chi connectivity index (χ4n) is 1.50. The maximum atomic E-state index is 12.2. The molecule has 1 aromatic heterocycles. The number of hydrogen-bond donors (Lipinski definition) is 1. The van der Waals surface area contributed by atoms with Gasteiger partial charge in [0.2, 0.25) is 5.91 Å². The number of carbonyl (C=O) groups is 1. The van der Waals surface area contributed by atoms with Gasteiger partial charge in [0.05, 0.1) is 16.9 Å². The van der Waals surface area contributed by atoms with Crippen LogP contribution in [0.3, 0.4) is 0 Å². The molecule has 1 atom stereocenters. The van der Waals surface area contributed by atoms with E-state index in [-0.39, 0.29) is 11.2 Å². The second-order valence-electron chi connectivity index (χ2n) is 4.21. The minimum Gasteiger partial charge on any atom is -0.325 e. The van der Waals surface area contributed by atoms with Gasteiger partial charge in [0, 0.05) is 5.69 Å². The van der Waals surface area contributed by atoms with Crippen molar-refractivity contribution in [2.24, 2.45) is 0 Å². The number of nitrogens with zero attached hydrogens (tertiary/aromatic N) is 3. The average Bonchev–Trinajstić information content (AvgIpc) is 2.95. The maximum Gasteiger partial charge on any atom is 0.237 e. The molecule has 1 N–H and O–H groups in total. The molecule has 1 amide bonds. The Morgan fingerprint density at radius 1 is 1.36 bits per heavy atom. The number of nitriles is 1. The molecule has 0 saturated carbocycles. The summed E-state index contributed by atoms with van der Waals surface area (Å²) in [5.74, 6) is 0.850. The van der Waals surface area contributed by atoms with Gasteiger partial charge >= 0.3 is 0 Å². The van der Waals surface area contributed by atoms with Crippen molar-refractivity contribution in [3.05, 3.63) is 29.8 Å². The number of rotatable bonds is 6. The highest BCUT2D eigenvalue weighted by Gasteiger charge is 2.17. The van der Waals surface area contributed by atoms with Gasteiger partial charge in [-0.2, -0.15) is 5.26 Å². The van der Waals surface area contributed by atoms with Crippen LogP contribution >= 0.6 is 34.9 Å². The van der Waals surface area contributed by atoms with Crippen molar-refractivity contribution in [1.82, 2.24) is 10.2 Å². The van der Waals surface area contributed by atoms with Crippen molar-refractivity contribution in [1.29, 1.82) is 5.26 Å². The van der Waals surface area contributed by atoms with E-state index in [0.29, 0.717) is 11.3 Å². The predicted octanol–water partition coefficient (Wildman–Crippen LogP) is 3.64. The van der Waals surface area contributed by atoms with E-state index in [2.05, 4.69) is 22.4 Å². The first kappa shape index (κ1) is 16.8. The first-order valence-electron chi connectivity index (χ1n) is 6.56. The van der Waals surface area contributed by atoms with Crippen molar-refractivity contribution in [3.8, 4) is 6.07 Å². The summed E-state index contributed by atoms with van der Waals surface area (Å²) in [6.07, 6.45) is 0. The van der Waals surface area contributed by atoms with Crippen LogP contribution in [0.1, 0.15) is 19.4 Å². The fourth-order valence-corrected chi connectivity index (χ4v) is 4.56. The SMILES string of the molecule is CCSc1nnc(S[C@H](C)C(=O)Nc2ccc(C#N)cc2)s1. The van der Waals surface area contributed by atoms with E-state index in [4.69, 9.17) is 5.26 Å². The van der Waals surface area contributed by atoms with Gasteiger partial charge in [0.1, 0.15) is 0 Å². The summed E-state index contributed by atoms with van der Waals surface area (Å²) in [5, 5.41) is 19.5. The molecule has 8 heteroatoms. The Kier molecular flexibility index (Phi) is 6.24. The molecule has 2 rings (SSSR count). The molecular weight excluding hydrogens is 336 g/mol. The third-order valence-electron chi connectivity index (χ3n) is 2.58. The van der Waals surface area contributed by atoms with E-state index >= 15 is 0 Å². The molecule has 0 aliphatic carbocycles. The average molecular weight is 350 g/mol. The zero-order chi connectivity index (χ0) is 15.9. The minimum atomic E-state index is -0.275. The van der Waals surface area contributed by atoms with E-state index in [9.17, 15) is 4.79 Å². The van der Waals surface area contributed by atoms with Crippen LogP contribution in [-0.4, -0.2) is 27.1 Å². The highest BCUT2D eigenvalue weighted by Crippen LogP contribution is 2.31. The van der Waals surface area contributed by atoms with Crippen molar-refractivity contribution in [2.45, 2.75) is 27.8 Å². The van der Waals surface area contributed by atoms with E-state index in [0.717, 1.165) is 14.4 Å². The summed E-state index contributed by atoms with van der Waals surface area (Å²) in [6.45, 7) is 3.89. The largest absolute Gasteiger partial charge is 0.325 e. The lowest BCUT2D eigenvalue weighted by Crippen LogP contribution is -2.22. The molecular formula is C14H14N4OS3. The Labute approximate surface area is 141 Å². The van der Waals surface area contributed by atoms with Crippen LogP contribution in [0, 0.1) is 11.3 Å². The lowest BCUT2D eigenvalue weighted by Gasteiger charge is -2.10. The van der Waals surface area contributed by atoms with Crippen LogP contribution in [0.2, 0.25) is 0 Å². The first-order valence-corrected chi connectivity index (χ1v) is 9.24. The Hall–Kier alpha value is -1.56. The lowest BCUT2D eigenvalue weighted by molar-refractivity contribution is -0.115. The highest BCUT2D eigenvalue weighted by molar-refractivity contribution is 8.03. The molecule has 0 bridgehead atoms. The fraction of sp³-hybridized carbons (Fsp3) is 0.286. The summed E-state index contributed by atoms with van der Waals surface area (Å²) in [4.78, 5) is 12.2. The van der Waals surface area contributed by atoms with E-state index in [1.54, 1.807) is 36.0 Å². The Bertz CT molecular complexity index is 678. The van der Waals surface area contributed by atoms with Crippen molar-refractivity contribution >= 4 is 46.5 Å². The lowest BCUT2D eigenvalue weighted by atomic mass is 10.2. The molecule has 114 valence electrons. The third kappa shape index (κ3) is 4.73. The quantitative estimate of drug-likeness (QED) is 0.801. The zero-order valence-electron chi connectivity index (χ0n) is 12.1. The molecule has 0 radical (unpaired) electrons. The number of amides is 1. The van der Waals surface area contributed by atoms with Crippen LogP contribution in [0.5, 0.6) is 0 Å². The summed E-state index contributed by atoms with van der Waals surface area (Å²) in [6, 6.07) is 8.82. The number of benzene rings is 1. The first-order chi connectivity index (χ1) is 10.6. The summed E-state index contributed by atoms with van der Waals surface area (Å²) >= 11 is 4.54. The molecule has 0 unspecified atom stereocenters. The number of anilines is 1. The Balaban J connectivity index is 1.91. The molecule has 0 fully saturated rings. The number of thioether (sulfide) groups is 2. The molecule has 0 aliphatic rings. The van der Waals surface area contributed by atoms with E-state index in [1.807, 2.05) is 13.0 Å². The van der Waals surface area contributed by atoms with Gasteiger partial charge in [0.25, 0.3) is 0 Å². The van der Waals surface area contributed by atoms with Crippen LogP contribution < -0.4 is 5.32 Å². The van der Waals surface area contributed by atoms with E-state index in [1.165, 1.54) is 23.1 Å². The van der Waals surface area contributed by atoms with Crippen molar-refractivity contribution in [2.75, 3.05) is 11.1 Å². The normalized spacial score (nSPS) is 11.7. The van der Waals surface area contributed by atoms with Crippen LogP contribution in [-0.2, 0) is 4.79 Å². The van der Waals surface area contributed by atoms with Gasteiger partial charge in [-0.15, -0.1) is 10.2 Å². The molecule has 0 spiro atoms. The highest BCUT2D eigenvalue weighted by atomic mass is 32.2. The molecule has 5 nitrogen and oxygen atoms in total. The topological polar surface area (TPSA) is 78.7 Å². The van der Waals surface area contributed by atoms with Crippen LogP contribution in [0.25, 0.3) is 0 Å². The molecule has 2 aromatic rings. The van der Waals surface area contributed by atoms with Gasteiger partial charge in [-0.25, -0.2) is 0 Å². The summed E-state index contributed by atoms with van der Waals surface area (Å²) in [7, 11) is 0. The van der Waals surface area contributed by atoms with E-state index < -0.39 is 0 Å². The van der Waals surface area contributed by atoms with Crippen molar-refractivity contribution < 1.29 is 4.79 Å². The van der Waals surface area contributed by atoms with Gasteiger partial charge in [-0.1, -0.05) is 41.8 Å². The number of nitrogens with one attached hydrogen (secondary N) is 1. The molecule has 1 aromatic carbocycles. The minimum absolute atomic E-state index is 0.102. The van der Waals surface area contributed by atoms with Gasteiger partial charge < -0.3 is 5.32 Å². The number of aromatic nitrogens is 2. The Morgan fingerprint density at radius 2 is 2.05 bits per heavy atom. The summed E-state index contributed by atoms with van der Waals surface area (Å²) < 4.78 is 1.71. The molecule has 22 heavy (non-hydrogen) atoms. The van der Waals surface area contributed by atoms with Crippen LogP contribution in [0.4, 0.5) is 5.69 Å². The zero-order valence-corrected chi connectivity index (χ0v) is 14.5. The second kappa shape index (κ2) is 8.17. The van der Waals surface area contributed by atoms with Crippen molar-refractivity contribution in [3.63, 3.8) is 0 Å².